The lowest BCUT2D eigenvalue weighted by Crippen LogP contribution is -2.37. The van der Waals surface area contributed by atoms with E-state index in [-0.39, 0.29) is 12.0 Å². The Morgan fingerprint density at radius 2 is 2.17 bits per heavy atom. The SMILES string of the molecule is O=C(NCCCN1CCC(O)CC1)c1cc(-n2cccn2)ccn1. The van der Waals surface area contributed by atoms with Crippen LogP contribution in [0.15, 0.2) is 36.8 Å². The van der Waals surface area contributed by atoms with Crippen LogP contribution >= 0.6 is 0 Å². The zero-order valence-corrected chi connectivity index (χ0v) is 13.6. The molecule has 24 heavy (non-hydrogen) atoms. The topological polar surface area (TPSA) is 83.3 Å². The second-order valence-corrected chi connectivity index (χ2v) is 6.03. The van der Waals surface area contributed by atoms with Gasteiger partial charge in [-0.25, -0.2) is 4.68 Å². The lowest BCUT2D eigenvalue weighted by molar-refractivity contribution is 0.0816. The Morgan fingerprint density at radius 1 is 1.33 bits per heavy atom. The van der Waals surface area contributed by atoms with Crippen molar-refractivity contribution < 1.29 is 9.90 Å². The van der Waals surface area contributed by atoms with Gasteiger partial charge in [-0.15, -0.1) is 0 Å². The predicted molar refractivity (Wildman–Crippen MR) is 90.0 cm³/mol. The summed E-state index contributed by atoms with van der Waals surface area (Å²) in [6.45, 7) is 3.42. The number of hydrogen-bond acceptors (Lipinski definition) is 5. The summed E-state index contributed by atoms with van der Waals surface area (Å²) in [6, 6.07) is 5.38. The molecule has 0 atom stereocenters. The number of hydrogen-bond donors (Lipinski definition) is 2. The smallest absolute Gasteiger partial charge is 0.269 e. The molecule has 7 heteroatoms. The van der Waals surface area contributed by atoms with Crippen LogP contribution in [-0.4, -0.2) is 63.0 Å². The van der Waals surface area contributed by atoms with Crippen LogP contribution in [0.5, 0.6) is 0 Å². The maximum Gasteiger partial charge on any atom is 0.269 e. The fraction of sp³-hybridized carbons (Fsp3) is 0.471. The summed E-state index contributed by atoms with van der Waals surface area (Å²) >= 11 is 0. The summed E-state index contributed by atoms with van der Waals surface area (Å²) in [5.41, 5.74) is 1.20. The largest absolute Gasteiger partial charge is 0.393 e. The molecule has 0 aliphatic carbocycles. The van der Waals surface area contributed by atoms with Gasteiger partial charge in [0.25, 0.3) is 5.91 Å². The number of carbonyl (C=O) groups excluding carboxylic acids is 1. The Bertz CT molecular complexity index is 651. The Hall–Kier alpha value is -2.25. The van der Waals surface area contributed by atoms with E-state index < -0.39 is 0 Å². The highest BCUT2D eigenvalue weighted by atomic mass is 16.3. The quantitative estimate of drug-likeness (QED) is 0.768. The fourth-order valence-corrected chi connectivity index (χ4v) is 2.85. The van der Waals surface area contributed by atoms with Crippen molar-refractivity contribution in [3.63, 3.8) is 0 Å². The average molecular weight is 329 g/mol. The third-order valence-corrected chi connectivity index (χ3v) is 4.24. The van der Waals surface area contributed by atoms with Gasteiger partial charge in [-0.3, -0.25) is 9.78 Å². The van der Waals surface area contributed by atoms with Gasteiger partial charge in [-0.2, -0.15) is 5.10 Å². The van der Waals surface area contributed by atoms with E-state index in [1.807, 2.05) is 18.3 Å². The van der Waals surface area contributed by atoms with E-state index in [1.54, 1.807) is 23.1 Å². The number of nitrogens with zero attached hydrogens (tertiary/aromatic N) is 4. The molecule has 1 fully saturated rings. The van der Waals surface area contributed by atoms with Crippen LogP contribution in [0.2, 0.25) is 0 Å². The first-order valence-electron chi connectivity index (χ1n) is 8.37. The lowest BCUT2D eigenvalue weighted by atomic mass is 10.1. The van der Waals surface area contributed by atoms with E-state index >= 15 is 0 Å². The predicted octanol–water partition coefficient (Wildman–Crippen LogP) is 0.844. The third-order valence-electron chi connectivity index (χ3n) is 4.24. The number of aromatic nitrogens is 3. The van der Waals surface area contributed by atoms with Crippen molar-refractivity contribution in [2.45, 2.75) is 25.4 Å². The molecule has 7 nitrogen and oxygen atoms in total. The average Bonchev–Trinajstić information content (AvgIpc) is 3.15. The second kappa shape index (κ2) is 8.03. The van der Waals surface area contributed by atoms with Crippen LogP contribution in [0.4, 0.5) is 0 Å². The lowest BCUT2D eigenvalue weighted by Gasteiger charge is -2.29. The molecule has 0 unspecified atom stereocenters. The molecular formula is C17H23N5O2. The highest BCUT2D eigenvalue weighted by Gasteiger charge is 2.16. The second-order valence-electron chi connectivity index (χ2n) is 6.03. The molecule has 3 heterocycles. The first-order valence-corrected chi connectivity index (χ1v) is 8.37. The number of piperidine rings is 1. The van der Waals surface area contributed by atoms with Gasteiger partial charge in [0.1, 0.15) is 5.69 Å². The molecule has 1 aliphatic rings. The Labute approximate surface area is 141 Å². The molecule has 128 valence electrons. The van der Waals surface area contributed by atoms with Crippen molar-refractivity contribution in [1.29, 1.82) is 0 Å². The monoisotopic (exact) mass is 329 g/mol. The fourth-order valence-electron chi connectivity index (χ4n) is 2.85. The van der Waals surface area contributed by atoms with E-state index in [0.717, 1.165) is 44.6 Å². The molecule has 1 amide bonds. The van der Waals surface area contributed by atoms with Gasteiger partial charge in [0.15, 0.2) is 0 Å². The molecule has 0 saturated carbocycles. The first-order chi connectivity index (χ1) is 11.7. The van der Waals surface area contributed by atoms with Gasteiger partial charge < -0.3 is 15.3 Å². The maximum atomic E-state index is 12.2. The summed E-state index contributed by atoms with van der Waals surface area (Å²) < 4.78 is 1.70. The van der Waals surface area contributed by atoms with Crippen molar-refractivity contribution in [1.82, 2.24) is 25.0 Å². The molecule has 2 aromatic rings. The number of aliphatic hydroxyl groups is 1. The molecule has 0 bridgehead atoms. The van der Waals surface area contributed by atoms with E-state index in [1.165, 1.54) is 0 Å². The van der Waals surface area contributed by atoms with Gasteiger partial charge in [-0.1, -0.05) is 0 Å². The van der Waals surface area contributed by atoms with Gasteiger partial charge in [0.2, 0.25) is 0 Å². The van der Waals surface area contributed by atoms with Crippen molar-refractivity contribution in [3.8, 4) is 5.69 Å². The molecule has 0 spiro atoms. The zero-order chi connectivity index (χ0) is 16.8. The summed E-state index contributed by atoms with van der Waals surface area (Å²) in [7, 11) is 0. The molecule has 3 rings (SSSR count). The number of likely N-dealkylation sites (tertiary alicyclic amines) is 1. The minimum Gasteiger partial charge on any atom is -0.393 e. The summed E-state index contributed by atoms with van der Waals surface area (Å²) in [4.78, 5) is 18.7. The van der Waals surface area contributed by atoms with Crippen molar-refractivity contribution in [3.05, 3.63) is 42.5 Å². The van der Waals surface area contributed by atoms with Crippen molar-refractivity contribution in [2.24, 2.45) is 0 Å². The highest BCUT2D eigenvalue weighted by molar-refractivity contribution is 5.92. The van der Waals surface area contributed by atoms with Crippen LogP contribution in [0.25, 0.3) is 5.69 Å². The Balaban J connectivity index is 1.44. The number of rotatable bonds is 6. The zero-order valence-electron chi connectivity index (χ0n) is 13.6. The van der Waals surface area contributed by atoms with Crippen LogP contribution in [-0.2, 0) is 0 Å². The standard InChI is InChI=1S/C17H23N5O2/c23-15-4-11-21(12-5-15)9-1-6-19-17(24)16-13-14(3-8-18-16)22-10-2-7-20-22/h2-3,7-8,10,13,15,23H,1,4-6,9,11-12H2,(H,19,24). The van der Waals surface area contributed by atoms with Crippen molar-refractivity contribution in [2.75, 3.05) is 26.2 Å². The van der Waals surface area contributed by atoms with Gasteiger partial charge in [0, 0.05) is 38.2 Å². The Kier molecular flexibility index (Phi) is 5.55. The summed E-state index contributed by atoms with van der Waals surface area (Å²) in [6.07, 6.45) is 7.57. The minimum atomic E-state index is -0.168. The molecule has 0 aromatic carbocycles. The number of amides is 1. The number of aliphatic hydroxyl groups excluding tert-OH is 1. The molecule has 0 radical (unpaired) electrons. The van der Waals surface area contributed by atoms with E-state index in [2.05, 4.69) is 20.3 Å². The van der Waals surface area contributed by atoms with Gasteiger partial charge in [0.05, 0.1) is 11.8 Å². The van der Waals surface area contributed by atoms with Crippen LogP contribution in [0.1, 0.15) is 29.8 Å². The highest BCUT2D eigenvalue weighted by Crippen LogP contribution is 2.10. The molecule has 1 aliphatic heterocycles. The summed E-state index contributed by atoms with van der Waals surface area (Å²) in [5, 5.41) is 16.6. The molecular weight excluding hydrogens is 306 g/mol. The van der Waals surface area contributed by atoms with Gasteiger partial charge >= 0.3 is 0 Å². The third kappa shape index (κ3) is 4.39. The summed E-state index contributed by atoms with van der Waals surface area (Å²) in [5.74, 6) is -0.168. The molecule has 2 aromatic heterocycles. The van der Waals surface area contributed by atoms with E-state index in [9.17, 15) is 9.90 Å². The van der Waals surface area contributed by atoms with Crippen LogP contribution in [0.3, 0.4) is 0 Å². The maximum absolute atomic E-state index is 12.2. The Morgan fingerprint density at radius 3 is 2.92 bits per heavy atom. The van der Waals surface area contributed by atoms with Crippen LogP contribution < -0.4 is 5.32 Å². The van der Waals surface area contributed by atoms with E-state index in [0.29, 0.717) is 12.2 Å². The van der Waals surface area contributed by atoms with Crippen LogP contribution in [0, 0.1) is 0 Å². The van der Waals surface area contributed by atoms with E-state index in [4.69, 9.17) is 0 Å². The number of carbonyl (C=O) groups is 1. The normalized spacial score (nSPS) is 16.2. The molecule has 2 N–H and O–H groups in total. The number of nitrogens with one attached hydrogen (secondary N) is 1. The molecule has 1 saturated heterocycles. The number of pyridine rings is 1. The van der Waals surface area contributed by atoms with Crippen molar-refractivity contribution >= 4 is 5.91 Å². The van der Waals surface area contributed by atoms with Gasteiger partial charge in [-0.05, 0) is 44.0 Å². The minimum absolute atomic E-state index is 0.144. The first kappa shape index (κ1) is 16.6.